The van der Waals surface area contributed by atoms with Crippen LogP contribution in [0.15, 0.2) is 48.6 Å². The predicted molar refractivity (Wildman–Crippen MR) is 83.8 cm³/mol. The highest BCUT2D eigenvalue weighted by atomic mass is 17.1. The Morgan fingerprint density at radius 3 is 1.95 bits per heavy atom. The molecule has 22 heavy (non-hydrogen) atoms. The predicted octanol–water partition coefficient (Wildman–Crippen LogP) is 4.34. The Labute approximate surface area is 128 Å². The van der Waals surface area contributed by atoms with Gasteiger partial charge in [0, 0.05) is 5.56 Å². The van der Waals surface area contributed by atoms with Crippen molar-refractivity contribution in [3.8, 4) is 11.5 Å². The number of hydrogen-bond donors (Lipinski definition) is 4. The van der Waals surface area contributed by atoms with Gasteiger partial charge in [-0.25, -0.2) is 10.5 Å². The third-order valence-corrected chi connectivity index (χ3v) is 3.16. The molecule has 0 bridgehead atoms. The fraction of sp³-hybridized carbons (Fsp3) is 0.125. The maximum absolute atomic E-state index is 10.3. The summed E-state index contributed by atoms with van der Waals surface area (Å²) >= 11 is 0. The van der Waals surface area contributed by atoms with E-state index in [0.717, 1.165) is 0 Å². The zero-order valence-corrected chi connectivity index (χ0v) is 12.3. The molecule has 1 aromatic rings. The highest BCUT2D eigenvalue weighted by Gasteiger charge is 2.23. The molecule has 0 spiro atoms. The van der Waals surface area contributed by atoms with Gasteiger partial charge in [0.25, 0.3) is 0 Å². The summed E-state index contributed by atoms with van der Waals surface area (Å²) in [6, 6.07) is 2.64. The van der Waals surface area contributed by atoms with Gasteiger partial charge in [-0.1, -0.05) is 25.3 Å². The lowest BCUT2D eigenvalue weighted by atomic mass is 9.97. The minimum atomic E-state index is -0.359. The first-order chi connectivity index (χ1) is 10.4. The number of benzene rings is 1. The number of hydrogen-bond acceptors (Lipinski definition) is 6. The van der Waals surface area contributed by atoms with Gasteiger partial charge >= 0.3 is 0 Å². The average molecular weight is 306 g/mol. The molecule has 0 aliphatic heterocycles. The van der Waals surface area contributed by atoms with E-state index >= 15 is 0 Å². The van der Waals surface area contributed by atoms with E-state index in [2.05, 4.69) is 22.9 Å². The van der Waals surface area contributed by atoms with Crippen LogP contribution in [0.4, 0.5) is 0 Å². The number of aliphatic hydroxyl groups is 2. The smallest absolute Gasteiger partial charge is 0.222 e. The molecule has 4 N–H and O–H groups in total. The summed E-state index contributed by atoms with van der Waals surface area (Å²) in [4.78, 5) is 8.31. The van der Waals surface area contributed by atoms with E-state index in [-0.39, 0.29) is 34.1 Å². The van der Waals surface area contributed by atoms with E-state index in [4.69, 9.17) is 10.5 Å². The van der Waals surface area contributed by atoms with Crippen LogP contribution in [0.25, 0.3) is 11.5 Å². The molecule has 0 atom stereocenters. The molecule has 0 fully saturated rings. The molecule has 0 heterocycles. The van der Waals surface area contributed by atoms with Crippen LogP contribution in [0.5, 0.6) is 11.5 Å². The largest absolute Gasteiger partial charge is 0.507 e. The van der Waals surface area contributed by atoms with Gasteiger partial charge in [-0.3, -0.25) is 0 Å². The van der Waals surface area contributed by atoms with Crippen LogP contribution < -0.4 is 9.78 Å². The molecule has 0 saturated carbocycles. The van der Waals surface area contributed by atoms with Gasteiger partial charge in [-0.15, -0.1) is 0 Å². The van der Waals surface area contributed by atoms with Gasteiger partial charge < -0.3 is 20.0 Å². The second kappa shape index (κ2) is 7.35. The summed E-state index contributed by atoms with van der Waals surface area (Å²) < 4.78 is 0. The third-order valence-electron chi connectivity index (χ3n) is 3.16. The summed E-state index contributed by atoms with van der Waals surface area (Å²) in [7, 11) is 0. The fourth-order valence-electron chi connectivity index (χ4n) is 1.76. The van der Waals surface area contributed by atoms with E-state index in [1.807, 2.05) is 0 Å². The Morgan fingerprint density at radius 2 is 1.50 bits per heavy atom. The second-order valence-corrected chi connectivity index (χ2v) is 4.47. The minimum Gasteiger partial charge on any atom is -0.507 e. The van der Waals surface area contributed by atoms with Crippen LogP contribution in [0.3, 0.4) is 0 Å². The zero-order chi connectivity index (χ0) is 16.9. The third kappa shape index (κ3) is 3.13. The summed E-state index contributed by atoms with van der Waals surface area (Å²) in [5, 5.41) is 38.5. The Hall–Kier alpha value is -2.70. The highest BCUT2D eigenvalue weighted by molar-refractivity contribution is 5.82. The van der Waals surface area contributed by atoms with Crippen LogP contribution in [-0.2, 0) is 0 Å². The summed E-state index contributed by atoms with van der Waals surface area (Å²) in [5.74, 6) is -1.09. The van der Waals surface area contributed by atoms with Crippen molar-refractivity contribution in [3.05, 3.63) is 59.7 Å². The van der Waals surface area contributed by atoms with Crippen molar-refractivity contribution >= 4 is 11.5 Å². The molecule has 0 saturated heterocycles. The molecular formula is C16H18O6. The Balaban J connectivity index is 3.88. The van der Waals surface area contributed by atoms with Crippen LogP contribution in [0.2, 0.25) is 0 Å². The highest BCUT2D eigenvalue weighted by Crippen LogP contribution is 2.40. The monoisotopic (exact) mass is 306 g/mol. The minimum absolute atomic E-state index is 0.0647. The van der Waals surface area contributed by atoms with Gasteiger partial charge in [0.1, 0.15) is 11.5 Å². The van der Waals surface area contributed by atoms with Crippen molar-refractivity contribution in [1.29, 1.82) is 0 Å². The van der Waals surface area contributed by atoms with Gasteiger partial charge in [-0.2, -0.15) is 0 Å². The molecule has 1 aromatic carbocycles. The molecule has 0 aliphatic rings. The molecule has 1 rings (SSSR count). The molecule has 0 aromatic heterocycles. The van der Waals surface area contributed by atoms with Crippen molar-refractivity contribution in [2.45, 2.75) is 13.8 Å². The Bertz CT molecular complexity index is 655. The van der Waals surface area contributed by atoms with Crippen molar-refractivity contribution in [2.24, 2.45) is 0 Å². The quantitative estimate of drug-likeness (QED) is 0.270. The number of rotatable bonds is 6. The first-order valence-electron chi connectivity index (χ1n) is 6.28. The van der Waals surface area contributed by atoms with Gasteiger partial charge in [0.05, 0.1) is 5.56 Å². The SMILES string of the molecule is C=C/C(C)=C(\O)c1ccc(OO)c(OO)c1/C(O)=C(\C)C=C. The van der Waals surface area contributed by atoms with Crippen LogP contribution in [-0.4, -0.2) is 20.7 Å². The fourth-order valence-corrected chi connectivity index (χ4v) is 1.76. The van der Waals surface area contributed by atoms with Crippen molar-refractivity contribution in [3.63, 3.8) is 0 Å². The maximum Gasteiger partial charge on any atom is 0.222 e. The van der Waals surface area contributed by atoms with E-state index in [1.54, 1.807) is 13.8 Å². The van der Waals surface area contributed by atoms with Crippen molar-refractivity contribution in [2.75, 3.05) is 0 Å². The molecule has 0 amide bonds. The molecule has 6 heteroatoms. The standard InChI is InChI=1S/C16H18O6/c1-5-9(3)14(17)11-7-8-12(21-19)16(22-20)13(11)15(18)10(4)6-2/h5-8,17-20H,1-2H2,3-4H3/b14-9-,15-10-. The maximum atomic E-state index is 10.3. The van der Waals surface area contributed by atoms with Gasteiger partial charge in [0.2, 0.25) is 11.5 Å². The van der Waals surface area contributed by atoms with E-state index in [9.17, 15) is 10.2 Å². The van der Waals surface area contributed by atoms with Crippen LogP contribution >= 0.6 is 0 Å². The van der Waals surface area contributed by atoms with Crippen molar-refractivity contribution in [1.82, 2.24) is 0 Å². The lowest BCUT2D eigenvalue weighted by Gasteiger charge is -2.15. The second-order valence-electron chi connectivity index (χ2n) is 4.47. The molecule has 0 unspecified atom stereocenters. The molecule has 6 nitrogen and oxygen atoms in total. The number of aliphatic hydroxyl groups excluding tert-OH is 2. The topological polar surface area (TPSA) is 99.4 Å². The van der Waals surface area contributed by atoms with Gasteiger partial charge in [0.15, 0.2) is 0 Å². The number of allylic oxidation sites excluding steroid dienone is 4. The average Bonchev–Trinajstić information content (AvgIpc) is 2.57. The van der Waals surface area contributed by atoms with E-state index < -0.39 is 0 Å². The first-order valence-corrected chi connectivity index (χ1v) is 6.28. The lowest BCUT2D eigenvalue weighted by molar-refractivity contribution is -0.164. The molecule has 0 radical (unpaired) electrons. The van der Waals surface area contributed by atoms with Crippen molar-refractivity contribution < 1.29 is 30.5 Å². The normalized spacial score (nSPS) is 12.9. The van der Waals surface area contributed by atoms with Crippen LogP contribution in [0.1, 0.15) is 25.0 Å². The summed E-state index contributed by atoms with van der Waals surface area (Å²) in [5.41, 5.74) is 0.886. The Kier molecular flexibility index (Phi) is 5.80. The molecular weight excluding hydrogens is 288 g/mol. The molecule has 0 aliphatic carbocycles. The first kappa shape index (κ1) is 17.4. The van der Waals surface area contributed by atoms with E-state index in [0.29, 0.717) is 11.1 Å². The lowest BCUT2D eigenvalue weighted by Crippen LogP contribution is -2.02. The molecule has 118 valence electrons. The zero-order valence-electron chi connectivity index (χ0n) is 12.3. The van der Waals surface area contributed by atoms with E-state index in [1.165, 1.54) is 24.3 Å². The summed E-state index contributed by atoms with van der Waals surface area (Å²) in [6.45, 7) is 10.3. The van der Waals surface area contributed by atoms with Crippen LogP contribution in [0, 0.1) is 0 Å². The Morgan fingerprint density at radius 1 is 0.955 bits per heavy atom. The summed E-state index contributed by atoms with van der Waals surface area (Å²) in [6.07, 6.45) is 2.81. The van der Waals surface area contributed by atoms with Gasteiger partial charge in [-0.05, 0) is 37.1 Å².